The minimum Gasteiger partial charge on any atom is -0.379 e. The summed E-state index contributed by atoms with van der Waals surface area (Å²) in [5, 5.41) is 2.84. The van der Waals surface area contributed by atoms with Crippen molar-refractivity contribution in [3.05, 3.63) is 65.7 Å². The first-order valence-electron chi connectivity index (χ1n) is 9.76. The first kappa shape index (κ1) is 22.0. The van der Waals surface area contributed by atoms with Crippen molar-refractivity contribution in [2.24, 2.45) is 0 Å². The van der Waals surface area contributed by atoms with Crippen LogP contribution in [0.1, 0.15) is 11.1 Å². The average Bonchev–Trinajstić information content (AvgIpc) is 2.77. The number of amides is 1. The number of hydrogen-bond donors (Lipinski definition) is 1. The summed E-state index contributed by atoms with van der Waals surface area (Å²) in [4.78, 5) is 14.3. The highest BCUT2D eigenvalue weighted by molar-refractivity contribution is 7.89. The molecule has 1 aliphatic heterocycles. The number of hydrogen-bond acceptors (Lipinski definition) is 5. The monoisotopic (exact) mass is 429 g/mol. The highest BCUT2D eigenvalue weighted by atomic mass is 32.2. The molecular weight excluding hydrogens is 402 g/mol. The van der Waals surface area contributed by atoms with Crippen LogP contribution in [0.15, 0.2) is 59.5 Å². The molecule has 0 spiro atoms. The van der Waals surface area contributed by atoms with Crippen LogP contribution in [0.4, 0.5) is 5.69 Å². The summed E-state index contributed by atoms with van der Waals surface area (Å²) in [6.45, 7) is 1.99. The van der Waals surface area contributed by atoms with E-state index >= 15 is 0 Å². The molecule has 1 heterocycles. The number of nitrogens with one attached hydrogen (secondary N) is 1. The van der Waals surface area contributed by atoms with Gasteiger partial charge >= 0.3 is 0 Å². The predicted molar refractivity (Wildman–Crippen MR) is 118 cm³/mol. The third-order valence-corrected chi connectivity index (χ3v) is 6.75. The van der Waals surface area contributed by atoms with Crippen LogP contribution >= 0.6 is 0 Å². The molecule has 1 saturated heterocycles. The summed E-state index contributed by atoms with van der Waals surface area (Å²) >= 11 is 0. The van der Waals surface area contributed by atoms with E-state index in [4.69, 9.17) is 4.74 Å². The molecule has 7 nitrogen and oxygen atoms in total. The average molecular weight is 430 g/mol. The Bertz CT molecular complexity index is 978. The molecule has 160 valence electrons. The molecule has 8 heteroatoms. The topological polar surface area (TPSA) is 79.0 Å². The molecule has 0 radical (unpaired) electrons. The normalized spacial score (nSPS) is 15.3. The fraction of sp³-hybridized carbons (Fsp3) is 0.318. The molecule has 0 saturated carbocycles. The summed E-state index contributed by atoms with van der Waals surface area (Å²) in [6, 6.07) is 14.5. The van der Waals surface area contributed by atoms with Gasteiger partial charge in [0.25, 0.3) is 0 Å². The van der Waals surface area contributed by atoms with E-state index in [-0.39, 0.29) is 10.8 Å². The van der Waals surface area contributed by atoms with E-state index in [1.807, 2.05) is 43.3 Å². The number of rotatable bonds is 7. The summed E-state index contributed by atoms with van der Waals surface area (Å²) in [5.41, 5.74) is 2.87. The fourth-order valence-corrected chi connectivity index (χ4v) is 4.43. The quantitative estimate of drug-likeness (QED) is 0.682. The first-order chi connectivity index (χ1) is 14.4. The largest absolute Gasteiger partial charge is 0.379 e. The van der Waals surface area contributed by atoms with Crippen LogP contribution in [-0.2, 0) is 26.1 Å². The first-order valence-corrected chi connectivity index (χ1v) is 11.2. The van der Waals surface area contributed by atoms with Gasteiger partial charge in [0.15, 0.2) is 0 Å². The van der Waals surface area contributed by atoms with E-state index < -0.39 is 10.0 Å². The number of anilines is 1. The van der Waals surface area contributed by atoms with Crippen molar-refractivity contribution in [3.8, 4) is 0 Å². The van der Waals surface area contributed by atoms with Crippen molar-refractivity contribution in [2.45, 2.75) is 11.4 Å². The predicted octanol–water partition coefficient (Wildman–Crippen LogP) is 2.10. The zero-order valence-electron chi connectivity index (χ0n) is 17.2. The minimum absolute atomic E-state index is 0.211. The van der Waals surface area contributed by atoms with Crippen molar-refractivity contribution < 1.29 is 17.9 Å². The number of ether oxygens (including phenoxy) is 1. The smallest absolute Gasteiger partial charge is 0.244 e. The Hall–Kier alpha value is -2.68. The van der Waals surface area contributed by atoms with Crippen molar-refractivity contribution in [3.63, 3.8) is 0 Å². The zero-order valence-corrected chi connectivity index (χ0v) is 18.1. The summed E-state index contributed by atoms with van der Waals surface area (Å²) in [5.74, 6) is -0.211. The number of benzene rings is 2. The van der Waals surface area contributed by atoms with Crippen molar-refractivity contribution >= 4 is 27.7 Å². The molecular formula is C22H27N3O4S. The van der Waals surface area contributed by atoms with Gasteiger partial charge in [-0.15, -0.1) is 0 Å². The van der Waals surface area contributed by atoms with Crippen LogP contribution in [0, 0.1) is 0 Å². The Morgan fingerprint density at radius 3 is 2.30 bits per heavy atom. The molecule has 30 heavy (non-hydrogen) atoms. The second kappa shape index (κ2) is 9.88. The van der Waals surface area contributed by atoms with Crippen LogP contribution in [0.3, 0.4) is 0 Å². The fourth-order valence-electron chi connectivity index (χ4n) is 3.02. The highest BCUT2D eigenvalue weighted by Gasteiger charge is 2.25. The van der Waals surface area contributed by atoms with E-state index in [1.54, 1.807) is 30.3 Å². The Labute approximate surface area is 178 Å². The Morgan fingerprint density at radius 2 is 1.70 bits per heavy atom. The summed E-state index contributed by atoms with van der Waals surface area (Å²) < 4.78 is 31.9. The molecule has 2 aromatic rings. The van der Waals surface area contributed by atoms with Gasteiger partial charge in [0.1, 0.15) is 0 Å². The van der Waals surface area contributed by atoms with E-state index in [0.29, 0.717) is 32.8 Å². The zero-order chi connectivity index (χ0) is 21.6. The minimum atomic E-state index is -3.51. The lowest BCUT2D eigenvalue weighted by atomic mass is 10.2. The standard InChI is InChI=1S/C22H27N3O4S/c1-24(2)20-8-3-19(4-9-20)17-23-22(26)12-7-18-5-10-21(11-6-18)30(27,28)25-13-15-29-16-14-25/h3-12H,13-17H2,1-2H3,(H,23,26)/b12-7+. The maximum atomic E-state index is 12.6. The molecule has 1 fully saturated rings. The lowest BCUT2D eigenvalue weighted by Crippen LogP contribution is -2.40. The number of carbonyl (C=O) groups excluding carboxylic acids is 1. The Balaban J connectivity index is 1.54. The lowest BCUT2D eigenvalue weighted by molar-refractivity contribution is -0.116. The van der Waals surface area contributed by atoms with Crippen molar-refractivity contribution in [1.29, 1.82) is 0 Å². The number of morpholine rings is 1. The third-order valence-electron chi connectivity index (χ3n) is 4.83. The van der Waals surface area contributed by atoms with E-state index in [0.717, 1.165) is 16.8 Å². The molecule has 0 aromatic heterocycles. The summed E-state index contributed by atoms with van der Waals surface area (Å²) in [7, 11) is 0.446. The maximum Gasteiger partial charge on any atom is 0.244 e. The third kappa shape index (κ3) is 5.69. The second-order valence-corrected chi connectivity index (χ2v) is 9.14. The van der Waals surface area contributed by atoms with Gasteiger partial charge in [-0.05, 0) is 41.5 Å². The van der Waals surface area contributed by atoms with Crippen LogP contribution in [-0.4, -0.2) is 59.0 Å². The van der Waals surface area contributed by atoms with Gasteiger partial charge in [0.05, 0.1) is 18.1 Å². The Kier molecular flexibility index (Phi) is 7.25. The lowest BCUT2D eigenvalue weighted by Gasteiger charge is -2.26. The van der Waals surface area contributed by atoms with E-state index in [1.165, 1.54) is 10.4 Å². The molecule has 1 aliphatic rings. The molecule has 1 amide bonds. The van der Waals surface area contributed by atoms with Gasteiger partial charge in [0.2, 0.25) is 15.9 Å². The van der Waals surface area contributed by atoms with Gasteiger partial charge in [-0.25, -0.2) is 8.42 Å². The second-order valence-electron chi connectivity index (χ2n) is 7.20. The van der Waals surface area contributed by atoms with Crippen LogP contribution < -0.4 is 10.2 Å². The van der Waals surface area contributed by atoms with Crippen molar-refractivity contribution in [2.75, 3.05) is 45.3 Å². The van der Waals surface area contributed by atoms with Crippen LogP contribution in [0.2, 0.25) is 0 Å². The highest BCUT2D eigenvalue weighted by Crippen LogP contribution is 2.18. The summed E-state index contributed by atoms with van der Waals surface area (Å²) in [6.07, 6.45) is 3.11. The molecule has 1 N–H and O–H groups in total. The van der Waals surface area contributed by atoms with Crippen molar-refractivity contribution in [1.82, 2.24) is 9.62 Å². The van der Waals surface area contributed by atoms with Crippen LogP contribution in [0.5, 0.6) is 0 Å². The molecule has 0 bridgehead atoms. The number of carbonyl (C=O) groups is 1. The van der Waals surface area contributed by atoms with Gasteiger partial charge < -0.3 is 15.0 Å². The maximum absolute atomic E-state index is 12.6. The van der Waals surface area contributed by atoms with E-state index in [9.17, 15) is 13.2 Å². The number of nitrogens with zero attached hydrogens (tertiary/aromatic N) is 2. The number of sulfonamides is 1. The van der Waals surface area contributed by atoms with Gasteiger partial charge in [0, 0.05) is 45.5 Å². The van der Waals surface area contributed by atoms with E-state index in [2.05, 4.69) is 5.32 Å². The molecule has 0 aliphatic carbocycles. The SMILES string of the molecule is CN(C)c1ccc(CNC(=O)/C=C/c2ccc(S(=O)(=O)N3CCOCC3)cc2)cc1. The van der Waals surface area contributed by atoms with Gasteiger partial charge in [-0.1, -0.05) is 24.3 Å². The van der Waals surface area contributed by atoms with Crippen LogP contribution in [0.25, 0.3) is 6.08 Å². The van der Waals surface area contributed by atoms with Gasteiger partial charge in [-0.2, -0.15) is 4.31 Å². The molecule has 2 aromatic carbocycles. The molecule has 3 rings (SSSR count). The van der Waals surface area contributed by atoms with Gasteiger partial charge in [-0.3, -0.25) is 4.79 Å². The molecule has 0 unspecified atom stereocenters. The Morgan fingerprint density at radius 1 is 1.07 bits per heavy atom. The molecule has 0 atom stereocenters.